The van der Waals surface area contributed by atoms with Gasteiger partial charge in [0.2, 0.25) is 0 Å². The molecule has 0 fully saturated rings. The number of hydrogen-bond acceptors (Lipinski definition) is 5. The maximum absolute atomic E-state index is 11.6. The van der Waals surface area contributed by atoms with Crippen LogP contribution in [0.25, 0.3) is 0 Å². The smallest absolute Gasteiger partial charge is 0.407 e. The lowest BCUT2D eigenvalue weighted by molar-refractivity contribution is 0.0513. The predicted octanol–water partition coefficient (Wildman–Crippen LogP) is 1.72. The standard InChI is InChI=1S/C13H23N3O3/c1-9-6-10(19-16-9)13(5,7-14)8-15-11(17)18-12(2,3)4/h6H,7-8,14H2,1-5H3,(H,15,17). The normalized spacial score (nSPS) is 14.8. The van der Waals surface area contributed by atoms with E-state index in [9.17, 15) is 4.79 Å². The molecule has 1 rings (SSSR count). The van der Waals surface area contributed by atoms with Crippen molar-refractivity contribution < 1.29 is 14.1 Å². The number of nitrogens with zero attached hydrogens (tertiary/aromatic N) is 1. The van der Waals surface area contributed by atoms with Crippen LogP contribution in [0.3, 0.4) is 0 Å². The van der Waals surface area contributed by atoms with Crippen LogP contribution in [0.5, 0.6) is 0 Å². The van der Waals surface area contributed by atoms with Crippen LogP contribution < -0.4 is 11.1 Å². The largest absolute Gasteiger partial charge is 0.444 e. The summed E-state index contributed by atoms with van der Waals surface area (Å²) in [5.74, 6) is 0.656. The van der Waals surface area contributed by atoms with Crippen LogP contribution >= 0.6 is 0 Å². The Morgan fingerprint density at radius 3 is 2.53 bits per heavy atom. The molecule has 6 heteroatoms. The predicted molar refractivity (Wildman–Crippen MR) is 71.9 cm³/mol. The lowest BCUT2D eigenvalue weighted by Crippen LogP contribution is -2.45. The van der Waals surface area contributed by atoms with Crippen LogP contribution in [0, 0.1) is 6.92 Å². The van der Waals surface area contributed by atoms with Gasteiger partial charge in [-0.2, -0.15) is 0 Å². The fraction of sp³-hybridized carbons (Fsp3) is 0.692. The van der Waals surface area contributed by atoms with Crippen LogP contribution in [-0.2, 0) is 10.2 Å². The fourth-order valence-electron chi connectivity index (χ4n) is 1.49. The van der Waals surface area contributed by atoms with Crippen molar-refractivity contribution in [1.82, 2.24) is 10.5 Å². The number of aromatic nitrogens is 1. The Labute approximate surface area is 113 Å². The summed E-state index contributed by atoms with van der Waals surface area (Å²) in [6.45, 7) is 9.84. The molecule has 0 radical (unpaired) electrons. The number of nitrogens with two attached hydrogens (primary N) is 1. The van der Waals surface area contributed by atoms with Crippen molar-refractivity contribution in [2.24, 2.45) is 5.73 Å². The Bertz CT molecular complexity index is 437. The van der Waals surface area contributed by atoms with Gasteiger partial charge in [-0.1, -0.05) is 5.16 Å². The van der Waals surface area contributed by atoms with Crippen molar-refractivity contribution in [3.05, 3.63) is 17.5 Å². The molecule has 0 aliphatic rings. The highest BCUT2D eigenvalue weighted by Gasteiger charge is 2.31. The second kappa shape index (κ2) is 5.61. The van der Waals surface area contributed by atoms with Gasteiger partial charge in [-0.3, -0.25) is 0 Å². The summed E-state index contributed by atoms with van der Waals surface area (Å²) in [6.07, 6.45) is -0.469. The van der Waals surface area contributed by atoms with Gasteiger partial charge in [0.15, 0.2) is 0 Å². The van der Waals surface area contributed by atoms with E-state index in [1.165, 1.54) is 0 Å². The lowest BCUT2D eigenvalue weighted by Gasteiger charge is -2.26. The van der Waals surface area contributed by atoms with Gasteiger partial charge >= 0.3 is 6.09 Å². The molecule has 0 bridgehead atoms. The zero-order valence-corrected chi connectivity index (χ0v) is 12.2. The third kappa shape index (κ3) is 4.55. The van der Waals surface area contributed by atoms with E-state index in [1.54, 1.807) is 0 Å². The molecule has 0 aliphatic carbocycles. The van der Waals surface area contributed by atoms with E-state index < -0.39 is 17.1 Å². The Morgan fingerprint density at radius 2 is 2.11 bits per heavy atom. The Hall–Kier alpha value is -1.56. The van der Waals surface area contributed by atoms with E-state index in [1.807, 2.05) is 40.7 Å². The average molecular weight is 269 g/mol. The van der Waals surface area contributed by atoms with Crippen LogP contribution in [0.1, 0.15) is 39.1 Å². The number of nitrogens with one attached hydrogen (secondary N) is 1. The first-order chi connectivity index (χ1) is 8.66. The molecule has 3 N–H and O–H groups in total. The second-order valence-electron chi connectivity index (χ2n) is 5.95. The molecule has 108 valence electrons. The lowest BCUT2D eigenvalue weighted by atomic mass is 9.87. The van der Waals surface area contributed by atoms with Crippen LogP contribution in [0.4, 0.5) is 4.79 Å². The fourth-order valence-corrected chi connectivity index (χ4v) is 1.49. The molecule has 0 saturated carbocycles. The second-order valence-corrected chi connectivity index (χ2v) is 5.95. The van der Waals surface area contributed by atoms with E-state index in [2.05, 4.69) is 10.5 Å². The molecule has 0 saturated heterocycles. The minimum atomic E-state index is -0.522. The molecule has 0 spiro atoms. The third-order valence-electron chi connectivity index (χ3n) is 2.70. The monoisotopic (exact) mass is 269 g/mol. The number of carbonyl (C=O) groups excluding carboxylic acids is 1. The molecule has 0 aromatic carbocycles. The highest BCUT2D eigenvalue weighted by molar-refractivity contribution is 5.67. The molecule has 19 heavy (non-hydrogen) atoms. The molecule has 6 nitrogen and oxygen atoms in total. The molecular weight excluding hydrogens is 246 g/mol. The maximum Gasteiger partial charge on any atom is 0.407 e. The van der Waals surface area contributed by atoms with Crippen molar-refractivity contribution in [2.75, 3.05) is 13.1 Å². The minimum absolute atomic E-state index is 0.326. The highest BCUT2D eigenvalue weighted by Crippen LogP contribution is 2.22. The summed E-state index contributed by atoms with van der Waals surface area (Å²) in [6, 6.07) is 1.82. The van der Waals surface area contributed by atoms with Crippen molar-refractivity contribution >= 4 is 6.09 Å². The maximum atomic E-state index is 11.6. The van der Waals surface area contributed by atoms with Gasteiger partial charge in [-0.25, -0.2) is 4.79 Å². The van der Waals surface area contributed by atoms with Crippen molar-refractivity contribution in [3.63, 3.8) is 0 Å². The number of aryl methyl sites for hydroxylation is 1. The van der Waals surface area contributed by atoms with Crippen molar-refractivity contribution in [2.45, 2.75) is 45.6 Å². The summed E-state index contributed by atoms with van der Waals surface area (Å²) in [5, 5.41) is 6.55. The SMILES string of the molecule is Cc1cc(C(C)(CN)CNC(=O)OC(C)(C)C)on1. The van der Waals surface area contributed by atoms with E-state index in [-0.39, 0.29) is 0 Å². The van der Waals surface area contributed by atoms with Gasteiger partial charge in [0.25, 0.3) is 0 Å². The van der Waals surface area contributed by atoms with Gasteiger partial charge in [0.05, 0.1) is 11.1 Å². The highest BCUT2D eigenvalue weighted by atomic mass is 16.6. The first-order valence-corrected chi connectivity index (χ1v) is 6.27. The average Bonchev–Trinajstić information content (AvgIpc) is 2.71. The zero-order valence-electron chi connectivity index (χ0n) is 12.2. The molecule has 1 atom stereocenters. The molecule has 1 aromatic rings. The van der Waals surface area contributed by atoms with Gasteiger partial charge in [-0.15, -0.1) is 0 Å². The summed E-state index contributed by atoms with van der Waals surface area (Å²) < 4.78 is 10.4. The summed E-state index contributed by atoms with van der Waals surface area (Å²) in [5.41, 5.74) is 5.54. The van der Waals surface area contributed by atoms with Gasteiger partial charge in [0.1, 0.15) is 11.4 Å². The topological polar surface area (TPSA) is 90.4 Å². The number of amides is 1. The molecular formula is C13H23N3O3. The van der Waals surface area contributed by atoms with Gasteiger partial charge < -0.3 is 20.3 Å². The van der Waals surface area contributed by atoms with E-state index >= 15 is 0 Å². The van der Waals surface area contributed by atoms with Crippen LogP contribution in [0.15, 0.2) is 10.6 Å². The number of hydrogen-bond donors (Lipinski definition) is 2. The molecule has 1 heterocycles. The van der Waals surface area contributed by atoms with E-state index in [0.29, 0.717) is 18.8 Å². The van der Waals surface area contributed by atoms with Gasteiger partial charge in [0, 0.05) is 19.2 Å². The number of alkyl carbamates (subject to hydrolysis) is 1. The summed E-state index contributed by atoms with van der Waals surface area (Å²) in [7, 11) is 0. The Kier molecular flexibility index (Phi) is 4.57. The molecule has 1 amide bonds. The quantitative estimate of drug-likeness (QED) is 0.868. The summed E-state index contributed by atoms with van der Waals surface area (Å²) in [4.78, 5) is 11.6. The third-order valence-corrected chi connectivity index (χ3v) is 2.70. The Morgan fingerprint density at radius 1 is 1.47 bits per heavy atom. The Balaban J connectivity index is 2.65. The number of ether oxygens (including phenoxy) is 1. The van der Waals surface area contributed by atoms with E-state index in [4.69, 9.17) is 15.0 Å². The number of rotatable bonds is 4. The van der Waals surface area contributed by atoms with E-state index in [0.717, 1.165) is 5.69 Å². The minimum Gasteiger partial charge on any atom is -0.444 e. The van der Waals surface area contributed by atoms with Crippen LogP contribution in [-0.4, -0.2) is 29.9 Å². The molecule has 0 aliphatic heterocycles. The van der Waals surface area contributed by atoms with Crippen molar-refractivity contribution in [3.8, 4) is 0 Å². The first kappa shape index (κ1) is 15.5. The first-order valence-electron chi connectivity index (χ1n) is 6.27. The summed E-state index contributed by atoms with van der Waals surface area (Å²) >= 11 is 0. The zero-order chi connectivity index (χ0) is 14.7. The van der Waals surface area contributed by atoms with Crippen molar-refractivity contribution in [1.29, 1.82) is 0 Å². The molecule has 1 aromatic heterocycles. The van der Waals surface area contributed by atoms with Crippen LogP contribution in [0.2, 0.25) is 0 Å². The number of carbonyl (C=O) groups is 1. The molecule has 1 unspecified atom stereocenters. The van der Waals surface area contributed by atoms with Gasteiger partial charge in [-0.05, 0) is 34.6 Å².